The summed E-state index contributed by atoms with van der Waals surface area (Å²) in [5.74, 6) is -0.677. The normalized spacial score (nSPS) is 19.0. The molecule has 3 amide bonds. The van der Waals surface area contributed by atoms with E-state index in [1.807, 2.05) is 24.3 Å². The van der Waals surface area contributed by atoms with Gasteiger partial charge in [-0.3, -0.25) is 14.5 Å². The minimum atomic E-state index is -0.994. The van der Waals surface area contributed by atoms with Crippen LogP contribution in [0.15, 0.2) is 28.8 Å². The van der Waals surface area contributed by atoms with E-state index in [2.05, 4.69) is 22.4 Å². The number of carbonyl (C=O) groups is 3. The average molecular weight is 386 g/mol. The molecule has 1 aliphatic rings. The minimum Gasteiger partial charge on any atom is -0.454 e. The van der Waals surface area contributed by atoms with Crippen LogP contribution >= 0.6 is 0 Å². The molecule has 1 N–H and O–H groups in total. The Kier molecular flexibility index (Phi) is 5.43. The lowest BCUT2D eigenvalue weighted by molar-refractivity contribution is -0.149. The fraction of sp³-hybridized carbons (Fsp3) is 0.421. The van der Waals surface area contributed by atoms with E-state index < -0.39 is 30.0 Å². The number of imide groups is 1. The van der Waals surface area contributed by atoms with Crippen LogP contribution in [-0.2, 0) is 27.4 Å². The Labute approximate surface area is 162 Å². The summed E-state index contributed by atoms with van der Waals surface area (Å²) in [6.45, 7) is 4.75. The van der Waals surface area contributed by atoms with Gasteiger partial charge in [0.1, 0.15) is 12.1 Å². The highest BCUT2D eigenvalue weighted by atomic mass is 16.6. The van der Waals surface area contributed by atoms with Gasteiger partial charge in [-0.1, -0.05) is 43.3 Å². The summed E-state index contributed by atoms with van der Waals surface area (Å²) in [5, 5.41) is 6.45. The molecule has 28 heavy (non-hydrogen) atoms. The van der Waals surface area contributed by atoms with E-state index >= 15 is 0 Å². The second kappa shape index (κ2) is 7.79. The number of rotatable bonds is 7. The lowest BCUT2D eigenvalue weighted by Gasteiger charge is -2.18. The van der Waals surface area contributed by atoms with Gasteiger partial charge >= 0.3 is 12.0 Å². The third-order valence-corrected chi connectivity index (χ3v) is 4.78. The van der Waals surface area contributed by atoms with Crippen LogP contribution in [0.1, 0.15) is 38.6 Å². The van der Waals surface area contributed by atoms with E-state index in [9.17, 15) is 14.4 Å². The number of amides is 3. The topological polar surface area (TPSA) is 115 Å². The van der Waals surface area contributed by atoms with Crippen molar-refractivity contribution in [3.05, 3.63) is 35.7 Å². The molecule has 1 atom stereocenters. The predicted octanol–water partition coefficient (Wildman–Crippen LogP) is 2.06. The molecule has 0 saturated carbocycles. The number of carbonyl (C=O) groups excluding carboxylic acids is 3. The molecule has 1 saturated heterocycles. The van der Waals surface area contributed by atoms with Crippen molar-refractivity contribution in [3.8, 4) is 11.4 Å². The van der Waals surface area contributed by atoms with Crippen molar-refractivity contribution in [3.63, 3.8) is 0 Å². The molecule has 2 aromatic rings. The SMILES string of the molecule is CCc1ccc(-c2noc(COC(=O)CN3C(=O)N[C@@](C)(CC)C3=O)n2)cc1. The quantitative estimate of drug-likeness (QED) is 0.572. The van der Waals surface area contributed by atoms with Crippen LogP contribution in [0.3, 0.4) is 0 Å². The maximum atomic E-state index is 12.3. The summed E-state index contributed by atoms with van der Waals surface area (Å²) in [7, 11) is 0. The lowest BCUT2D eigenvalue weighted by Crippen LogP contribution is -2.43. The van der Waals surface area contributed by atoms with Crippen LogP contribution in [0.4, 0.5) is 4.79 Å². The number of esters is 1. The molecule has 9 heteroatoms. The predicted molar refractivity (Wildman–Crippen MR) is 97.8 cm³/mol. The van der Waals surface area contributed by atoms with Gasteiger partial charge in [0.2, 0.25) is 5.82 Å². The Morgan fingerprint density at radius 3 is 2.57 bits per heavy atom. The third kappa shape index (κ3) is 3.88. The number of nitrogens with zero attached hydrogens (tertiary/aromatic N) is 3. The maximum absolute atomic E-state index is 12.3. The zero-order valence-electron chi connectivity index (χ0n) is 16.0. The van der Waals surface area contributed by atoms with Crippen LogP contribution < -0.4 is 5.32 Å². The van der Waals surface area contributed by atoms with Gasteiger partial charge in [0, 0.05) is 5.56 Å². The number of aromatic nitrogens is 2. The summed E-state index contributed by atoms with van der Waals surface area (Å²) in [4.78, 5) is 41.3. The smallest absolute Gasteiger partial charge is 0.326 e. The Hall–Kier alpha value is -3.23. The number of ether oxygens (including phenoxy) is 1. The number of aryl methyl sites for hydroxylation is 1. The molecule has 2 heterocycles. The number of benzene rings is 1. The van der Waals surface area contributed by atoms with E-state index in [4.69, 9.17) is 9.26 Å². The second-order valence-electron chi connectivity index (χ2n) is 6.73. The van der Waals surface area contributed by atoms with Crippen LogP contribution in [0.25, 0.3) is 11.4 Å². The molecule has 148 valence electrons. The highest BCUT2D eigenvalue weighted by Gasteiger charge is 2.47. The Morgan fingerprint density at radius 2 is 1.96 bits per heavy atom. The van der Waals surface area contributed by atoms with E-state index in [1.54, 1.807) is 13.8 Å². The van der Waals surface area contributed by atoms with Gasteiger partial charge in [-0.25, -0.2) is 4.79 Å². The van der Waals surface area contributed by atoms with Gasteiger partial charge in [-0.2, -0.15) is 4.98 Å². The summed E-state index contributed by atoms with van der Waals surface area (Å²) in [5.41, 5.74) is 0.990. The first-order valence-corrected chi connectivity index (χ1v) is 9.08. The average Bonchev–Trinajstić information content (AvgIpc) is 3.26. The van der Waals surface area contributed by atoms with Crippen molar-refractivity contribution in [1.82, 2.24) is 20.4 Å². The van der Waals surface area contributed by atoms with Crippen molar-refractivity contribution in [1.29, 1.82) is 0 Å². The van der Waals surface area contributed by atoms with Crippen LogP contribution in [0.2, 0.25) is 0 Å². The zero-order valence-corrected chi connectivity index (χ0v) is 16.0. The number of urea groups is 1. The Balaban J connectivity index is 1.56. The van der Waals surface area contributed by atoms with Gasteiger partial charge in [0.05, 0.1) is 0 Å². The lowest BCUT2D eigenvalue weighted by atomic mass is 9.99. The molecule has 0 radical (unpaired) electrons. The van der Waals surface area contributed by atoms with Gasteiger partial charge in [0.15, 0.2) is 6.61 Å². The largest absolute Gasteiger partial charge is 0.454 e. The highest BCUT2D eigenvalue weighted by molar-refractivity contribution is 6.08. The molecule has 9 nitrogen and oxygen atoms in total. The van der Waals surface area contributed by atoms with Crippen molar-refractivity contribution in [2.45, 2.75) is 45.8 Å². The molecule has 0 unspecified atom stereocenters. The van der Waals surface area contributed by atoms with Gasteiger partial charge in [-0.15, -0.1) is 0 Å². The molecule has 0 spiro atoms. The zero-order chi connectivity index (χ0) is 20.3. The van der Waals surface area contributed by atoms with Crippen molar-refractivity contribution >= 4 is 17.9 Å². The minimum absolute atomic E-state index is 0.124. The Morgan fingerprint density at radius 1 is 1.25 bits per heavy atom. The molecule has 0 bridgehead atoms. The summed E-state index contributed by atoms with van der Waals surface area (Å²) >= 11 is 0. The van der Waals surface area contributed by atoms with Crippen LogP contribution in [0, 0.1) is 0 Å². The highest BCUT2D eigenvalue weighted by Crippen LogP contribution is 2.21. The molecule has 3 rings (SSSR count). The molecule has 1 fully saturated rings. The first kappa shape index (κ1) is 19.5. The summed E-state index contributed by atoms with van der Waals surface area (Å²) in [6, 6.07) is 7.13. The van der Waals surface area contributed by atoms with Gasteiger partial charge < -0.3 is 14.6 Å². The third-order valence-electron chi connectivity index (χ3n) is 4.78. The standard InChI is InChI=1S/C19H22N4O5/c1-4-12-6-8-13(9-7-12)16-20-14(28-22-16)11-27-15(24)10-23-17(25)19(3,5-2)21-18(23)26/h6-9H,4-5,10-11H2,1-3H3,(H,21,26)/t19-/m0/s1. The Bertz CT molecular complexity index is 892. The van der Waals surface area contributed by atoms with E-state index in [0.29, 0.717) is 12.2 Å². The molecular weight excluding hydrogens is 364 g/mol. The van der Waals surface area contributed by atoms with Crippen LogP contribution in [-0.4, -0.2) is 45.0 Å². The fourth-order valence-corrected chi connectivity index (χ4v) is 2.77. The number of hydrogen-bond acceptors (Lipinski definition) is 7. The van der Waals surface area contributed by atoms with E-state index in [-0.39, 0.29) is 12.5 Å². The van der Waals surface area contributed by atoms with Gasteiger partial charge in [0.25, 0.3) is 11.8 Å². The van der Waals surface area contributed by atoms with Crippen molar-refractivity contribution in [2.24, 2.45) is 0 Å². The summed E-state index contributed by atoms with van der Waals surface area (Å²) < 4.78 is 10.2. The monoisotopic (exact) mass is 386 g/mol. The first-order chi connectivity index (χ1) is 13.4. The fourth-order valence-electron chi connectivity index (χ4n) is 2.77. The molecular formula is C19H22N4O5. The molecule has 1 aromatic carbocycles. The second-order valence-corrected chi connectivity index (χ2v) is 6.73. The number of hydrogen-bond donors (Lipinski definition) is 1. The first-order valence-electron chi connectivity index (χ1n) is 9.08. The van der Waals surface area contributed by atoms with Gasteiger partial charge in [-0.05, 0) is 25.3 Å². The van der Waals surface area contributed by atoms with Crippen molar-refractivity contribution < 1.29 is 23.6 Å². The van der Waals surface area contributed by atoms with Crippen LogP contribution in [0.5, 0.6) is 0 Å². The van der Waals surface area contributed by atoms with E-state index in [0.717, 1.165) is 16.9 Å². The number of nitrogens with one attached hydrogen (secondary N) is 1. The molecule has 1 aliphatic heterocycles. The molecule has 1 aromatic heterocycles. The summed E-state index contributed by atoms with van der Waals surface area (Å²) in [6.07, 6.45) is 1.36. The van der Waals surface area contributed by atoms with Crippen molar-refractivity contribution in [2.75, 3.05) is 6.54 Å². The molecule has 0 aliphatic carbocycles. The van der Waals surface area contributed by atoms with E-state index in [1.165, 1.54) is 5.56 Å². The maximum Gasteiger partial charge on any atom is 0.326 e.